The number of carboxylic acid groups (broad SMARTS) is 3. The van der Waals surface area contributed by atoms with Gasteiger partial charge < -0.3 is 30.6 Å². The van der Waals surface area contributed by atoms with Crippen LogP contribution in [-0.2, 0) is 40.3 Å². The molecular formula is C54H51N10O7+3. The second kappa shape index (κ2) is 20.3. The summed E-state index contributed by atoms with van der Waals surface area (Å²) < 4.78 is 5.94. The minimum absolute atomic E-state index is 0.0890. The second-order valence-electron chi connectivity index (χ2n) is 17.5. The van der Waals surface area contributed by atoms with Crippen LogP contribution in [0.3, 0.4) is 0 Å². The SMILES string of the molecule is C[n+]1ccc(-c2c3nc(c(-c4cc[n+](C)cc4)c4ccc([nH]4)c(-c4ccccc4NC(=O)CN(CCN(CC(=O)O)CC(=O)O)CC(=O)O)c4nc(c(-c5cc[n+](C)cc5)c5ccc2[nH]5)C=C4)C=C3)cc1. The van der Waals surface area contributed by atoms with E-state index in [1.165, 1.54) is 4.90 Å². The summed E-state index contributed by atoms with van der Waals surface area (Å²) >= 11 is 0. The predicted molar refractivity (Wildman–Crippen MR) is 269 cm³/mol. The molecule has 8 heterocycles. The van der Waals surface area contributed by atoms with Crippen LogP contribution < -0.4 is 19.0 Å². The van der Waals surface area contributed by atoms with Gasteiger partial charge in [0.1, 0.15) is 21.1 Å². The molecule has 1 amide bonds. The maximum atomic E-state index is 14.0. The lowest BCUT2D eigenvalue weighted by molar-refractivity contribution is -0.671. The number of para-hydroxylation sites is 1. The average Bonchev–Trinajstić information content (AvgIpc) is 4.18. The van der Waals surface area contributed by atoms with Crippen LogP contribution in [0.15, 0.2) is 122 Å². The first kappa shape index (κ1) is 47.1. The van der Waals surface area contributed by atoms with Gasteiger partial charge in [0.15, 0.2) is 37.2 Å². The molecule has 9 rings (SSSR count). The van der Waals surface area contributed by atoms with Gasteiger partial charge in [0, 0.05) is 105 Å². The summed E-state index contributed by atoms with van der Waals surface area (Å²) in [5.74, 6) is -4.22. The molecule has 0 atom stereocenters. The second-order valence-corrected chi connectivity index (χ2v) is 17.5. The van der Waals surface area contributed by atoms with Crippen LogP contribution in [0.4, 0.5) is 5.69 Å². The predicted octanol–water partition coefficient (Wildman–Crippen LogP) is 5.59. The zero-order valence-electron chi connectivity index (χ0n) is 39.2. The number of benzene rings is 1. The van der Waals surface area contributed by atoms with Crippen molar-refractivity contribution in [1.82, 2.24) is 29.7 Å². The molecule has 0 radical (unpaired) electrons. The van der Waals surface area contributed by atoms with Gasteiger partial charge in [0.25, 0.3) is 0 Å². The van der Waals surface area contributed by atoms with Gasteiger partial charge in [0.2, 0.25) is 5.91 Å². The molecule has 2 aliphatic heterocycles. The Morgan fingerprint density at radius 2 is 0.817 bits per heavy atom. The normalized spacial score (nSPS) is 11.9. The van der Waals surface area contributed by atoms with Crippen molar-refractivity contribution in [3.63, 3.8) is 0 Å². The summed E-state index contributed by atoms with van der Waals surface area (Å²) in [6.07, 6.45) is 20.0. The first-order valence-corrected chi connectivity index (χ1v) is 22.8. The van der Waals surface area contributed by atoms with Crippen molar-refractivity contribution in [2.45, 2.75) is 0 Å². The Morgan fingerprint density at radius 3 is 1.20 bits per heavy atom. The number of pyridine rings is 3. The van der Waals surface area contributed by atoms with Crippen molar-refractivity contribution in [3.05, 3.63) is 145 Å². The number of fused-ring (bicyclic) bond motifs is 8. The molecule has 2 aliphatic rings. The number of carboxylic acids is 3. The highest BCUT2D eigenvalue weighted by atomic mass is 16.4. The Morgan fingerprint density at radius 1 is 0.479 bits per heavy atom. The number of nitrogens with zero attached hydrogens (tertiary/aromatic N) is 7. The van der Waals surface area contributed by atoms with Gasteiger partial charge in [-0.25, -0.2) is 23.7 Å². The summed E-state index contributed by atoms with van der Waals surface area (Å²) in [5, 5.41) is 31.5. The number of hydrogen-bond donors (Lipinski definition) is 6. The standard InChI is InChI=1S/C54H48N10O7/c1-60-22-16-34(17-23-60)51-39-8-10-41(55-39)52(35-18-24-61(2)25-19-35)43-12-14-45(57-43)54(46-15-13-44(58-46)53(42-11-9-40(51)56-42)36-20-26-62(3)27-21-36)37-6-4-5-7-38(37)59-47(65)30-63(31-48(66)67)28-29-64(32-49(68)69)33-50(70)71/h4-27H,28-33H2,1-3H3,(H3-2,55,56,57,58,59,65,66,67,68,69,70,71)/p+3. The van der Waals surface area contributed by atoms with Gasteiger partial charge in [-0.2, -0.15) is 0 Å². The Hall–Kier alpha value is -8.93. The van der Waals surface area contributed by atoms with Crippen LogP contribution in [0.1, 0.15) is 22.8 Å². The Balaban J connectivity index is 1.26. The van der Waals surface area contributed by atoms with E-state index in [0.29, 0.717) is 33.7 Å². The molecule has 6 N–H and O–H groups in total. The number of anilines is 1. The van der Waals surface area contributed by atoms with Crippen LogP contribution in [0.5, 0.6) is 0 Å². The monoisotopic (exact) mass is 951 g/mol. The first-order valence-electron chi connectivity index (χ1n) is 22.8. The highest BCUT2D eigenvalue weighted by molar-refractivity contribution is 6.03. The molecule has 8 bridgehead atoms. The number of carbonyl (C=O) groups is 4. The number of aliphatic carboxylic acids is 3. The van der Waals surface area contributed by atoms with Gasteiger partial charge in [0.05, 0.1) is 49.0 Å². The summed E-state index contributed by atoms with van der Waals surface area (Å²) in [5.41, 5.74) is 13.2. The van der Waals surface area contributed by atoms with Crippen LogP contribution >= 0.6 is 0 Å². The number of carbonyl (C=O) groups excluding carboxylic acids is 1. The highest BCUT2D eigenvalue weighted by Gasteiger charge is 2.23. The van der Waals surface area contributed by atoms with E-state index in [1.54, 1.807) is 12.1 Å². The fraction of sp³-hybridized carbons (Fsp3) is 0.167. The number of amides is 1. The molecule has 17 heteroatoms. The maximum Gasteiger partial charge on any atom is 0.317 e. The first-order chi connectivity index (χ1) is 34.3. The molecular weight excluding hydrogens is 901 g/mol. The smallest absolute Gasteiger partial charge is 0.317 e. The van der Waals surface area contributed by atoms with E-state index < -0.39 is 43.4 Å². The van der Waals surface area contributed by atoms with Crippen molar-refractivity contribution in [3.8, 4) is 44.5 Å². The van der Waals surface area contributed by atoms with E-state index in [-0.39, 0.29) is 19.6 Å². The van der Waals surface area contributed by atoms with Crippen molar-refractivity contribution < 1.29 is 48.2 Å². The number of rotatable bonds is 16. The zero-order valence-corrected chi connectivity index (χ0v) is 39.2. The topological polar surface area (TPSA) is 216 Å². The van der Waals surface area contributed by atoms with E-state index in [1.807, 2.05) is 145 Å². The third-order valence-electron chi connectivity index (χ3n) is 12.2. The van der Waals surface area contributed by atoms with Gasteiger partial charge in [-0.3, -0.25) is 29.0 Å². The average molecular weight is 952 g/mol. The van der Waals surface area contributed by atoms with Crippen molar-refractivity contribution >= 4 is 75.9 Å². The number of aryl methyl sites for hydroxylation is 3. The quantitative estimate of drug-likeness (QED) is 0.0657. The number of H-pyrrole nitrogens is 2. The Labute approximate surface area is 407 Å². The van der Waals surface area contributed by atoms with Gasteiger partial charge in [-0.1, -0.05) is 18.2 Å². The van der Waals surface area contributed by atoms with Crippen LogP contribution in [-0.4, -0.2) is 108 Å². The van der Waals surface area contributed by atoms with E-state index in [0.717, 1.165) is 66.2 Å². The van der Waals surface area contributed by atoms with E-state index in [4.69, 9.17) is 9.97 Å². The van der Waals surface area contributed by atoms with Crippen molar-refractivity contribution in [1.29, 1.82) is 0 Å². The molecule has 0 unspecified atom stereocenters. The highest BCUT2D eigenvalue weighted by Crippen LogP contribution is 2.39. The zero-order chi connectivity index (χ0) is 49.8. The Kier molecular flexibility index (Phi) is 13.5. The summed E-state index contributed by atoms with van der Waals surface area (Å²) in [4.78, 5) is 69.7. The van der Waals surface area contributed by atoms with E-state index in [9.17, 15) is 34.5 Å². The molecule has 1 aromatic carbocycles. The molecule has 356 valence electrons. The molecule has 7 aromatic rings. The fourth-order valence-electron chi connectivity index (χ4n) is 8.89. The molecule has 0 spiro atoms. The molecule has 17 nitrogen and oxygen atoms in total. The molecule has 6 aromatic heterocycles. The molecule has 71 heavy (non-hydrogen) atoms. The number of aromatic nitrogens is 7. The molecule has 0 fully saturated rings. The van der Waals surface area contributed by atoms with Crippen molar-refractivity contribution in [2.24, 2.45) is 21.1 Å². The summed E-state index contributed by atoms with van der Waals surface area (Å²) in [7, 11) is 5.92. The lowest BCUT2D eigenvalue weighted by atomic mass is 10.0. The van der Waals surface area contributed by atoms with E-state index >= 15 is 0 Å². The lowest BCUT2D eigenvalue weighted by Crippen LogP contribution is -2.44. The number of aromatic amines is 2. The molecule has 0 saturated carbocycles. The largest absolute Gasteiger partial charge is 0.480 e. The van der Waals surface area contributed by atoms with Crippen molar-refractivity contribution in [2.75, 3.05) is 44.6 Å². The third-order valence-corrected chi connectivity index (χ3v) is 12.2. The van der Waals surface area contributed by atoms with Crippen LogP contribution in [0, 0.1) is 0 Å². The number of nitrogens with one attached hydrogen (secondary N) is 3. The van der Waals surface area contributed by atoms with Gasteiger partial charge in [-0.05, 0) is 71.3 Å². The van der Waals surface area contributed by atoms with E-state index in [2.05, 4.69) is 39.6 Å². The van der Waals surface area contributed by atoms with Crippen LogP contribution in [0.2, 0.25) is 0 Å². The Bertz CT molecular complexity index is 3390. The number of hydrogen-bond acceptors (Lipinski definition) is 8. The molecule has 0 saturated heterocycles. The lowest BCUT2D eigenvalue weighted by Gasteiger charge is -2.24. The summed E-state index contributed by atoms with van der Waals surface area (Å²) in [6.45, 7) is -2.27. The minimum atomic E-state index is -1.24. The van der Waals surface area contributed by atoms with Gasteiger partial charge in [-0.15, -0.1) is 0 Å². The van der Waals surface area contributed by atoms with Gasteiger partial charge >= 0.3 is 17.9 Å². The maximum absolute atomic E-state index is 14.0. The minimum Gasteiger partial charge on any atom is -0.480 e. The molecule has 0 aliphatic carbocycles. The summed E-state index contributed by atoms with van der Waals surface area (Å²) in [6, 6.07) is 27.8. The van der Waals surface area contributed by atoms with Crippen LogP contribution in [0.25, 0.3) is 90.9 Å². The fourth-order valence-corrected chi connectivity index (χ4v) is 8.89. The third kappa shape index (κ3) is 10.7.